The van der Waals surface area contributed by atoms with Crippen LogP contribution in [-0.4, -0.2) is 140 Å². The number of hydrogen-bond acceptors (Lipinski definition) is 13. The molecule has 54 heavy (non-hydrogen) atoms. The lowest BCUT2D eigenvalue weighted by molar-refractivity contribution is -0.338. The highest BCUT2D eigenvalue weighted by molar-refractivity contribution is 5.76. The summed E-state index contributed by atoms with van der Waals surface area (Å²) in [4.78, 5) is 24.2. The molecule has 2 rings (SSSR count). The fourth-order valence-electron chi connectivity index (χ4n) is 7.24. The lowest BCUT2D eigenvalue weighted by Gasteiger charge is -2.47. The molecule has 2 aliphatic rings. The number of ether oxygens (including phenoxy) is 4. The Kier molecular flexibility index (Phi) is 24.5. The number of carboxylic acids is 1. The van der Waals surface area contributed by atoms with Crippen molar-refractivity contribution in [2.75, 3.05) is 19.8 Å². The van der Waals surface area contributed by atoms with Crippen LogP contribution in [0.3, 0.4) is 0 Å². The summed E-state index contributed by atoms with van der Waals surface area (Å²) in [5, 5.41) is 84.8. The van der Waals surface area contributed by atoms with E-state index in [-0.39, 0.29) is 6.61 Å². The summed E-state index contributed by atoms with van der Waals surface area (Å²) in [6.45, 7) is 1.93. The Morgan fingerprint density at radius 2 is 1.24 bits per heavy atom. The third kappa shape index (κ3) is 16.9. The van der Waals surface area contributed by atoms with Gasteiger partial charge in [0.2, 0.25) is 5.91 Å². The zero-order valence-electron chi connectivity index (χ0n) is 32.8. The second kappa shape index (κ2) is 27.2. The highest BCUT2D eigenvalue weighted by Crippen LogP contribution is 2.35. The van der Waals surface area contributed by atoms with E-state index in [2.05, 4.69) is 12.2 Å². The molecule has 0 aromatic rings. The number of rotatable bonds is 30. The first-order valence-electron chi connectivity index (χ1n) is 20.7. The number of carboxylic acid groups (broad SMARTS) is 1. The van der Waals surface area contributed by atoms with Crippen LogP contribution in [-0.2, 0) is 28.5 Å². The Balaban J connectivity index is 1.68. The van der Waals surface area contributed by atoms with Gasteiger partial charge < -0.3 is 65.1 Å². The van der Waals surface area contributed by atoms with Crippen LogP contribution in [0.2, 0.25) is 0 Å². The molecule has 2 fully saturated rings. The summed E-state index contributed by atoms with van der Waals surface area (Å²) in [5.41, 5.74) is 0. The van der Waals surface area contributed by atoms with Crippen LogP contribution in [0.5, 0.6) is 0 Å². The molecule has 0 aromatic heterocycles. The van der Waals surface area contributed by atoms with Crippen LogP contribution in [0.4, 0.5) is 0 Å². The molecule has 0 spiro atoms. The lowest BCUT2D eigenvalue weighted by atomic mass is 9.88. The van der Waals surface area contributed by atoms with Crippen molar-refractivity contribution < 1.29 is 69.4 Å². The Bertz CT molecular complexity index is 1010. The van der Waals surface area contributed by atoms with Gasteiger partial charge in [-0.2, -0.15) is 0 Å². The second-order valence-corrected chi connectivity index (χ2v) is 15.3. The molecule has 0 bridgehead atoms. The first-order valence-corrected chi connectivity index (χ1v) is 20.7. The highest BCUT2D eigenvalue weighted by Gasteiger charge is 2.56. The van der Waals surface area contributed by atoms with Gasteiger partial charge in [-0.3, -0.25) is 4.79 Å². The van der Waals surface area contributed by atoms with Crippen molar-refractivity contribution in [1.29, 1.82) is 0 Å². The zero-order valence-corrected chi connectivity index (χ0v) is 32.8. The molecule has 2 heterocycles. The molecule has 2 aliphatic heterocycles. The highest BCUT2D eigenvalue weighted by atomic mass is 16.7. The number of aliphatic carboxylic acids is 1. The van der Waals surface area contributed by atoms with Gasteiger partial charge in [-0.25, -0.2) is 4.79 Å². The van der Waals surface area contributed by atoms with Gasteiger partial charge in [0.15, 0.2) is 6.29 Å². The summed E-state index contributed by atoms with van der Waals surface area (Å²) in [5.74, 6) is -5.05. The molecule has 2 saturated heterocycles. The number of nitrogens with one attached hydrogen (secondary N) is 1. The Labute approximate surface area is 321 Å². The van der Waals surface area contributed by atoms with Gasteiger partial charge in [0.05, 0.1) is 25.4 Å². The van der Waals surface area contributed by atoms with Crippen LogP contribution in [0.1, 0.15) is 149 Å². The second-order valence-electron chi connectivity index (χ2n) is 15.3. The largest absolute Gasteiger partial charge is 0.477 e. The van der Waals surface area contributed by atoms with E-state index >= 15 is 0 Å². The fraction of sp³-hybridized carbons (Fsp3) is 0.949. The van der Waals surface area contributed by atoms with Gasteiger partial charge in [-0.1, -0.05) is 129 Å². The normalized spacial score (nSPS) is 29.9. The Morgan fingerprint density at radius 3 is 1.69 bits per heavy atom. The van der Waals surface area contributed by atoms with Crippen molar-refractivity contribution in [1.82, 2.24) is 5.32 Å². The molecule has 0 radical (unpaired) electrons. The van der Waals surface area contributed by atoms with Crippen LogP contribution in [0, 0.1) is 0 Å². The van der Waals surface area contributed by atoms with Crippen molar-refractivity contribution in [3.05, 3.63) is 0 Å². The molecule has 0 aliphatic carbocycles. The summed E-state index contributed by atoms with van der Waals surface area (Å²) in [6.07, 6.45) is 9.41. The minimum absolute atomic E-state index is 0.211. The molecule has 1 amide bonds. The summed E-state index contributed by atoms with van der Waals surface area (Å²) in [7, 11) is 0. The lowest BCUT2D eigenvalue weighted by Crippen LogP contribution is -2.68. The number of carbonyl (C=O) groups is 2. The van der Waals surface area contributed by atoms with E-state index < -0.39 is 98.5 Å². The number of unbranched alkanes of at least 4 members (excludes halogenated alkanes) is 19. The molecule has 0 saturated carbocycles. The fourth-order valence-corrected chi connectivity index (χ4v) is 7.24. The maximum atomic E-state index is 12.4. The van der Waals surface area contributed by atoms with Crippen LogP contribution < -0.4 is 5.32 Å². The molecular formula is C39H73NO14. The number of hydrogen-bond donors (Lipinski definition) is 9. The molecule has 318 valence electrons. The standard InChI is InChI=1S/C39H73NO14/c1-3-4-5-6-7-8-9-10-11-12-13-14-15-16-17-18-19-20-21-22-23-51-37-35(48)34(47)33(46)30(53-37)26-52-39(38(49)50)24-28(43)31(40-27(2)42)36(54-39)32(45)29(44)25-41/h28-37,41,43-48H,3-26H2,1-2H3,(H,40,42)(H,49,50)/t28-,29-,30+,31+,32-,33+,34-,35+,36+,37+,39-/m0/s1. The SMILES string of the molecule is CCCCCCCCCCCCCCCCCCCCCCO[C@@H]1O[C@H](CO[C@@]2(C(=O)O)C[C@H](O)[C@@H](NC(C)=O)[C@H]([C@@H](O)[C@@H](O)CO)O2)[C@@H](O)[C@H](O)[C@H]1O. The van der Waals surface area contributed by atoms with Gasteiger partial charge in [0.25, 0.3) is 5.79 Å². The third-order valence-corrected chi connectivity index (χ3v) is 10.6. The first kappa shape index (κ1) is 48.6. The smallest absolute Gasteiger partial charge is 0.364 e. The number of amides is 1. The van der Waals surface area contributed by atoms with E-state index in [4.69, 9.17) is 18.9 Å². The van der Waals surface area contributed by atoms with E-state index in [1.165, 1.54) is 103 Å². The molecule has 11 atom stereocenters. The average Bonchev–Trinajstić information content (AvgIpc) is 3.14. The maximum Gasteiger partial charge on any atom is 0.364 e. The van der Waals surface area contributed by atoms with E-state index in [9.17, 15) is 50.4 Å². The number of aliphatic hydroxyl groups is 7. The summed E-state index contributed by atoms with van der Waals surface area (Å²) in [6, 6.07) is -1.38. The zero-order chi connectivity index (χ0) is 39.9. The van der Waals surface area contributed by atoms with Crippen molar-refractivity contribution in [3.63, 3.8) is 0 Å². The van der Waals surface area contributed by atoms with Gasteiger partial charge in [-0.15, -0.1) is 0 Å². The molecule has 0 unspecified atom stereocenters. The number of carbonyl (C=O) groups excluding carboxylic acids is 1. The van der Waals surface area contributed by atoms with Crippen LogP contribution in [0.15, 0.2) is 0 Å². The number of aliphatic hydroxyl groups excluding tert-OH is 7. The molecular weight excluding hydrogens is 706 g/mol. The molecule has 15 nitrogen and oxygen atoms in total. The minimum Gasteiger partial charge on any atom is -0.477 e. The minimum atomic E-state index is -2.66. The van der Waals surface area contributed by atoms with Crippen molar-refractivity contribution >= 4 is 11.9 Å². The topological polar surface area (TPSA) is 245 Å². The average molecular weight is 780 g/mol. The van der Waals surface area contributed by atoms with Gasteiger partial charge in [-0.05, 0) is 6.42 Å². The van der Waals surface area contributed by atoms with Gasteiger partial charge >= 0.3 is 5.97 Å². The van der Waals surface area contributed by atoms with E-state index in [0.717, 1.165) is 26.2 Å². The third-order valence-electron chi connectivity index (χ3n) is 10.6. The monoisotopic (exact) mass is 780 g/mol. The molecule has 0 aromatic carbocycles. The van der Waals surface area contributed by atoms with Crippen molar-refractivity contribution in [3.8, 4) is 0 Å². The maximum absolute atomic E-state index is 12.4. The van der Waals surface area contributed by atoms with E-state index in [1.807, 2.05) is 0 Å². The van der Waals surface area contributed by atoms with E-state index in [0.29, 0.717) is 6.42 Å². The van der Waals surface area contributed by atoms with Crippen molar-refractivity contribution in [2.45, 2.75) is 216 Å². The Morgan fingerprint density at radius 1 is 0.759 bits per heavy atom. The Hall–Kier alpha value is -1.50. The van der Waals surface area contributed by atoms with Crippen molar-refractivity contribution in [2.24, 2.45) is 0 Å². The predicted molar refractivity (Wildman–Crippen MR) is 199 cm³/mol. The quantitative estimate of drug-likeness (QED) is 0.0477. The van der Waals surface area contributed by atoms with E-state index in [1.54, 1.807) is 0 Å². The summed E-state index contributed by atoms with van der Waals surface area (Å²) < 4.78 is 22.5. The van der Waals surface area contributed by atoms with Crippen LogP contribution >= 0.6 is 0 Å². The first-order chi connectivity index (χ1) is 25.9. The molecule has 9 N–H and O–H groups in total. The summed E-state index contributed by atoms with van der Waals surface area (Å²) >= 11 is 0. The van der Waals surface area contributed by atoms with Gasteiger partial charge in [0, 0.05) is 20.0 Å². The predicted octanol–water partition coefficient (Wildman–Crippen LogP) is 2.80. The van der Waals surface area contributed by atoms with Crippen LogP contribution in [0.25, 0.3) is 0 Å². The van der Waals surface area contributed by atoms with Gasteiger partial charge in [0.1, 0.15) is 42.7 Å². The molecule has 15 heteroatoms.